The third-order valence-corrected chi connectivity index (χ3v) is 4.91. The highest BCUT2D eigenvalue weighted by Gasteiger charge is 2.21. The van der Waals surface area contributed by atoms with Gasteiger partial charge in [0.05, 0.1) is 22.9 Å². The fourth-order valence-corrected chi connectivity index (χ4v) is 3.43. The first-order valence-electron chi connectivity index (χ1n) is 6.46. The van der Waals surface area contributed by atoms with Crippen molar-refractivity contribution in [2.24, 2.45) is 0 Å². The Morgan fingerprint density at radius 2 is 2.05 bits per heavy atom. The van der Waals surface area contributed by atoms with Crippen LogP contribution in [0.25, 0.3) is 0 Å². The number of nitrogens with zero attached hydrogens (tertiary/aromatic N) is 2. The predicted molar refractivity (Wildman–Crippen MR) is 83.5 cm³/mol. The first-order chi connectivity index (χ1) is 9.29. The molecule has 0 saturated carbocycles. The number of carbonyl (C=O) groups is 1. The molecule has 20 heavy (non-hydrogen) atoms. The van der Waals surface area contributed by atoms with Gasteiger partial charge in [0, 0.05) is 10.8 Å². The summed E-state index contributed by atoms with van der Waals surface area (Å²) in [6, 6.07) is -0.0925. The molecule has 0 saturated heterocycles. The van der Waals surface area contributed by atoms with Gasteiger partial charge >= 0.3 is 0 Å². The second-order valence-electron chi connectivity index (χ2n) is 5.78. The molecule has 2 heterocycles. The van der Waals surface area contributed by atoms with Gasteiger partial charge in [-0.15, -0.1) is 22.7 Å². The number of nitrogens with one attached hydrogen (secondary N) is 1. The Morgan fingerprint density at radius 3 is 2.55 bits per heavy atom. The molecule has 0 aliphatic carbocycles. The third-order valence-electron chi connectivity index (χ3n) is 2.96. The standard InChI is InChI=1S/C14H19N3OS2/c1-8-11(20-7-15-8)12(18)16-9(2)13-17-10(6-19-13)14(3,4)5/h6-7,9H,1-5H3,(H,16,18). The highest BCUT2D eigenvalue weighted by Crippen LogP contribution is 2.27. The van der Waals surface area contributed by atoms with Gasteiger partial charge in [0.25, 0.3) is 5.91 Å². The number of thiazole rings is 2. The van der Waals surface area contributed by atoms with E-state index in [1.165, 1.54) is 11.3 Å². The summed E-state index contributed by atoms with van der Waals surface area (Å²) in [5.41, 5.74) is 3.56. The second-order valence-corrected chi connectivity index (χ2v) is 7.53. The van der Waals surface area contributed by atoms with E-state index in [4.69, 9.17) is 0 Å². The van der Waals surface area contributed by atoms with Gasteiger partial charge in [0.1, 0.15) is 9.88 Å². The maximum Gasteiger partial charge on any atom is 0.263 e. The molecule has 0 aliphatic rings. The van der Waals surface area contributed by atoms with E-state index in [1.54, 1.807) is 16.8 Å². The highest BCUT2D eigenvalue weighted by atomic mass is 32.1. The van der Waals surface area contributed by atoms with Crippen molar-refractivity contribution in [3.05, 3.63) is 32.2 Å². The quantitative estimate of drug-likeness (QED) is 0.940. The Bertz CT molecular complexity index is 610. The number of rotatable bonds is 3. The Kier molecular flexibility index (Phi) is 4.25. The summed E-state index contributed by atoms with van der Waals surface area (Å²) in [6.07, 6.45) is 0. The summed E-state index contributed by atoms with van der Waals surface area (Å²) in [5, 5.41) is 5.98. The van der Waals surface area contributed by atoms with Gasteiger partial charge < -0.3 is 5.32 Å². The van der Waals surface area contributed by atoms with E-state index in [-0.39, 0.29) is 17.4 Å². The van der Waals surface area contributed by atoms with Crippen molar-refractivity contribution < 1.29 is 4.79 Å². The molecule has 0 spiro atoms. The molecule has 0 bridgehead atoms. The van der Waals surface area contributed by atoms with E-state index in [0.29, 0.717) is 4.88 Å². The maximum atomic E-state index is 12.2. The summed E-state index contributed by atoms with van der Waals surface area (Å²) < 4.78 is 0. The van der Waals surface area contributed by atoms with Gasteiger partial charge in [-0.05, 0) is 13.8 Å². The number of hydrogen-bond donors (Lipinski definition) is 1. The van der Waals surface area contributed by atoms with E-state index in [9.17, 15) is 4.79 Å². The molecule has 1 amide bonds. The summed E-state index contributed by atoms with van der Waals surface area (Å²) in [5.74, 6) is -0.0787. The fraction of sp³-hybridized carbons (Fsp3) is 0.500. The predicted octanol–water partition coefficient (Wildman–Crippen LogP) is 3.70. The van der Waals surface area contributed by atoms with Crippen LogP contribution in [0.5, 0.6) is 0 Å². The summed E-state index contributed by atoms with van der Waals surface area (Å²) in [4.78, 5) is 21.5. The van der Waals surface area contributed by atoms with Crippen LogP contribution in [0.2, 0.25) is 0 Å². The van der Waals surface area contributed by atoms with Crippen LogP contribution in [0.1, 0.15) is 59.8 Å². The van der Waals surface area contributed by atoms with Crippen LogP contribution >= 0.6 is 22.7 Å². The average Bonchev–Trinajstić information content (AvgIpc) is 2.95. The number of carbonyl (C=O) groups excluding carboxylic acids is 1. The number of hydrogen-bond acceptors (Lipinski definition) is 5. The first-order valence-corrected chi connectivity index (χ1v) is 8.22. The first kappa shape index (κ1) is 15.1. The Labute approximate surface area is 127 Å². The Hall–Kier alpha value is -1.27. The normalized spacial score (nSPS) is 13.2. The van der Waals surface area contributed by atoms with Crippen LogP contribution in [0, 0.1) is 6.92 Å². The van der Waals surface area contributed by atoms with Crippen molar-refractivity contribution in [1.29, 1.82) is 0 Å². The molecule has 2 aromatic heterocycles. The maximum absolute atomic E-state index is 12.2. The molecule has 2 rings (SSSR count). The van der Waals surface area contributed by atoms with Crippen molar-refractivity contribution in [1.82, 2.24) is 15.3 Å². The largest absolute Gasteiger partial charge is 0.342 e. The van der Waals surface area contributed by atoms with Gasteiger partial charge in [-0.25, -0.2) is 9.97 Å². The summed E-state index contributed by atoms with van der Waals surface area (Å²) in [7, 11) is 0. The lowest BCUT2D eigenvalue weighted by Gasteiger charge is -2.15. The molecule has 0 aromatic carbocycles. The molecular weight excluding hydrogens is 290 g/mol. The van der Waals surface area contributed by atoms with Crippen LogP contribution in [0.3, 0.4) is 0 Å². The molecule has 1 N–H and O–H groups in total. The molecule has 0 radical (unpaired) electrons. The van der Waals surface area contributed by atoms with Gasteiger partial charge in [-0.2, -0.15) is 0 Å². The van der Waals surface area contributed by atoms with Crippen molar-refractivity contribution in [2.45, 2.75) is 46.1 Å². The van der Waals surface area contributed by atoms with Crippen LogP contribution in [0.4, 0.5) is 0 Å². The van der Waals surface area contributed by atoms with Crippen molar-refractivity contribution in [3.8, 4) is 0 Å². The number of amides is 1. The number of aryl methyl sites for hydroxylation is 1. The molecule has 1 atom stereocenters. The van der Waals surface area contributed by atoms with Crippen LogP contribution in [-0.2, 0) is 5.41 Å². The number of aromatic nitrogens is 2. The van der Waals surface area contributed by atoms with Crippen LogP contribution in [-0.4, -0.2) is 15.9 Å². The smallest absolute Gasteiger partial charge is 0.263 e. The topological polar surface area (TPSA) is 54.9 Å². The fourth-order valence-electron chi connectivity index (χ4n) is 1.67. The van der Waals surface area contributed by atoms with Crippen molar-refractivity contribution >= 4 is 28.6 Å². The van der Waals surface area contributed by atoms with E-state index >= 15 is 0 Å². The minimum Gasteiger partial charge on any atom is -0.342 e. The molecule has 108 valence electrons. The summed E-state index contributed by atoms with van der Waals surface area (Å²) >= 11 is 2.95. The lowest BCUT2D eigenvalue weighted by atomic mass is 9.93. The zero-order valence-electron chi connectivity index (χ0n) is 12.4. The van der Waals surface area contributed by atoms with Crippen LogP contribution < -0.4 is 5.32 Å². The van der Waals surface area contributed by atoms with E-state index in [0.717, 1.165) is 16.4 Å². The van der Waals surface area contributed by atoms with Crippen LogP contribution in [0.15, 0.2) is 10.9 Å². The average molecular weight is 309 g/mol. The minimum absolute atomic E-state index is 0.0345. The Morgan fingerprint density at radius 1 is 1.35 bits per heavy atom. The molecule has 0 fully saturated rings. The summed E-state index contributed by atoms with van der Waals surface area (Å²) in [6.45, 7) is 10.2. The van der Waals surface area contributed by atoms with Gasteiger partial charge in [-0.3, -0.25) is 4.79 Å². The van der Waals surface area contributed by atoms with Crippen molar-refractivity contribution in [3.63, 3.8) is 0 Å². The zero-order valence-corrected chi connectivity index (χ0v) is 14.0. The van der Waals surface area contributed by atoms with E-state index in [2.05, 4.69) is 41.4 Å². The zero-order chi connectivity index (χ0) is 14.9. The molecule has 2 aromatic rings. The Balaban J connectivity index is 2.09. The van der Waals surface area contributed by atoms with Gasteiger partial charge in [-0.1, -0.05) is 20.8 Å². The lowest BCUT2D eigenvalue weighted by molar-refractivity contribution is 0.0943. The monoisotopic (exact) mass is 309 g/mol. The molecule has 4 nitrogen and oxygen atoms in total. The third kappa shape index (κ3) is 3.24. The molecule has 1 unspecified atom stereocenters. The highest BCUT2D eigenvalue weighted by molar-refractivity contribution is 7.12. The minimum atomic E-state index is -0.0925. The van der Waals surface area contributed by atoms with Gasteiger partial charge in [0.15, 0.2) is 0 Å². The van der Waals surface area contributed by atoms with Crippen molar-refractivity contribution in [2.75, 3.05) is 0 Å². The van der Waals surface area contributed by atoms with Gasteiger partial charge in [0.2, 0.25) is 0 Å². The molecular formula is C14H19N3OS2. The van der Waals surface area contributed by atoms with E-state index < -0.39 is 0 Å². The van der Waals surface area contributed by atoms with E-state index in [1.807, 2.05) is 13.8 Å². The SMILES string of the molecule is Cc1ncsc1C(=O)NC(C)c1nc(C(C)(C)C)cs1. The molecule has 0 aliphatic heterocycles. The lowest BCUT2D eigenvalue weighted by Crippen LogP contribution is -2.26. The molecule has 6 heteroatoms. The second kappa shape index (κ2) is 5.61.